The minimum Gasteiger partial charge on any atom is -0.497 e. The zero-order chi connectivity index (χ0) is 22.3. The van der Waals surface area contributed by atoms with Gasteiger partial charge in [0.15, 0.2) is 0 Å². The summed E-state index contributed by atoms with van der Waals surface area (Å²) in [5, 5.41) is 3.10. The van der Waals surface area contributed by atoms with Gasteiger partial charge in [0.25, 0.3) is 5.91 Å². The lowest BCUT2D eigenvalue weighted by molar-refractivity contribution is 0.0940. The number of imidazole rings is 1. The molecule has 7 heteroatoms. The fourth-order valence-corrected chi connectivity index (χ4v) is 3.37. The molecule has 0 bridgehead atoms. The molecule has 2 aromatic carbocycles. The van der Waals surface area contributed by atoms with E-state index in [2.05, 4.69) is 15.3 Å². The molecular weight excluding hydrogens is 404 g/mol. The lowest BCUT2D eigenvalue weighted by atomic mass is 10.0. The van der Waals surface area contributed by atoms with Gasteiger partial charge in [0, 0.05) is 43.0 Å². The number of ether oxygens (including phenoxy) is 2. The van der Waals surface area contributed by atoms with Crippen molar-refractivity contribution in [3.63, 3.8) is 0 Å². The number of hydrogen-bond acceptors (Lipinski definition) is 5. The molecule has 1 unspecified atom stereocenters. The molecule has 1 N–H and O–H groups in total. The second kappa shape index (κ2) is 9.78. The quantitative estimate of drug-likeness (QED) is 0.460. The van der Waals surface area contributed by atoms with Gasteiger partial charge in [0.2, 0.25) is 0 Å². The molecule has 0 aliphatic heterocycles. The number of nitrogens with one attached hydrogen (secondary N) is 1. The van der Waals surface area contributed by atoms with Crippen LogP contribution in [0.5, 0.6) is 11.5 Å². The van der Waals surface area contributed by atoms with E-state index >= 15 is 0 Å². The minimum absolute atomic E-state index is 0.229. The molecule has 0 saturated heterocycles. The lowest BCUT2D eigenvalue weighted by Crippen LogP contribution is -2.31. The van der Waals surface area contributed by atoms with E-state index in [9.17, 15) is 4.79 Å². The van der Waals surface area contributed by atoms with Gasteiger partial charge in [0.05, 0.1) is 7.11 Å². The van der Waals surface area contributed by atoms with Crippen LogP contribution < -0.4 is 14.8 Å². The van der Waals surface area contributed by atoms with Crippen molar-refractivity contribution in [2.75, 3.05) is 7.11 Å². The van der Waals surface area contributed by atoms with Crippen molar-refractivity contribution in [2.45, 2.75) is 12.6 Å². The van der Waals surface area contributed by atoms with E-state index in [-0.39, 0.29) is 5.91 Å². The molecule has 162 valence electrons. The topological polar surface area (TPSA) is 78.3 Å². The molecule has 32 heavy (non-hydrogen) atoms. The van der Waals surface area contributed by atoms with Crippen LogP contribution in [0.2, 0.25) is 0 Å². The van der Waals surface area contributed by atoms with Crippen molar-refractivity contribution in [2.24, 2.45) is 7.05 Å². The average molecular weight is 428 g/mol. The van der Waals surface area contributed by atoms with Crippen LogP contribution in [0.3, 0.4) is 0 Å². The number of hydrogen-bond donors (Lipinski definition) is 1. The Bertz CT molecular complexity index is 1190. The summed E-state index contributed by atoms with van der Waals surface area (Å²) in [6, 6.07) is 18.1. The summed E-state index contributed by atoms with van der Waals surface area (Å²) in [5.41, 5.74) is 2.32. The molecule has 0 radical (unpaired) electrons. The van der Waals surface area contributed by atoms with E-state index in [1.807, 2.05) is 60.3 Å². The molecule has 0 saturated carbocycles. The monoisotopic (exact) mass is 428 g/mol. The van der Waals surface area contributed by atoms with Gasteiger partial charge in [-0.05, 0) is 42.0 Å². The summed E-state index contributed by atoms with van der Waals surface area (Å²) in [6.07, 6.45) is 7.03. The lowest BCUT2D eigenvalue weighted by Gasteiger charge is -2.20. The Morgan fingerprint density at radius 3 is 2.66 bits per heavy atom. The SMILES string of the molecule is COc1cccc(C(NC(=O)c2cccc(OCc3cccnc3)c2)c2nccn2C)c1. The number of amides is 1. The van der Waals surface area contributed by atoms with Crippen LogP contribution in [0.1, 0.15) is 33.4 Å². The minimum atomic E-state index is -0.447. The zero-order valence-electron chi connectivity index (χ0n) is 17.9. The van der Waals surface area contributed by atoms with Crippen molar-refractivity contribution in [1.29, 1.82) is 0 Å². The molecular formula is C25H24N4O3. The highest BCUT2D eigenvalue weighted by molar-refractivity contribution is 5.95. The van der Waals surface area contributed by atoms with Gasteiger partial charge in [-0.1, -0.05) is 24.3 Å². The van der Waals surface area contributed by atoms with Crippen LogP contribution in [-0.2, 0) is 13.7 Å². The molecule has 2 aromatic heterocycles. The predicted molar refractivity (Wildman–Crippen MR) is 121 cm³/mol. The van der Waals surface area contributed by atoms with E-state index in [1.165, 1.54) is 0 Å². The van der Waals surface area contributed by atoms with E-state index in [4.69, 9.17) is 9.47 Å². The van der Waals surface area contributed by atoms with Crippen molar-refractivity contribution in [3.8, 4) is 11.5 Å². The van der Waals surface area contributed by atoms with Crippen LogP contribution >= 0.6 is 0 Å². The summed E-state index contributed by atoms with van der Waals surface area (Å²) >= 11 is 0. The standard InChI is InChI=1S/C25H24N4O3/c1-29-13-12-27-24(29)23(19-7-3-9-21(14-19)31-2)28-25(30)20-8-4-10-22(15-20)32-17-18-6-5-11-26-16-18/h3-16,23H,17H2,1-2H3,(H,28,30). The predicted octanol–water partition coefficient (Wildman–Crippen LogP) is 3.92. The molecule has 1 amide bonds. The number of nitrogens with zero attached hydrogens (tertiary/aromatic N) is 3. The second-order valence-electron chi connectivity index (χ2n) is 7.26. The Morgan fingerprint density at radius 2 is 1.91 bits per heavy atom. The number of carbonyl (C=O) groups is 1. The van der Waals surface area contributed by atoms with E-state index < -0.39 is 6.04 Å². The third-order valence-electron chi connectivity index (χ3n) is 5.04. The maximum absolute atomic E-state index is 13.2. The van der Waals surface area contributed by atoms with Crippen LogP contribution in [0.4, 0.5) is 0 Å². The van der Waals surface area contributed by atoms with Crippen LogP contribution in [0, 0.1) is 0 Å². The number of aromatic nitrogens is 3. The van der Waals surface area contributed by atoms with Crippen molar-refractivity contribution in [1.82, 2.24) is 19.9 Å². The third-order valence-corrected chi connectivity index (χ3v) is 5.04. The van der Waals surface area contributed by atoms with Gasteiger partial charge in [0.1, 0.15) is 30.0 Å². The largest absolute Gasteiger partial charge is 0.497 e. The number of pyridine rings is 1. The van der Waals surface area contributed by atoms with E-state index in [0.29, 0.717) is 23.7 Å². The molecule has 7 nitrogen and oxygen atoms in total. The number of carbonyl (C=O) groups excluding carboxylic acids is 1. The second-order valence-corrected chi connectivity index (χ2v) is 7.26. The number of benzene rings is 2. The first-order valence-corrected chi connectivity index (χ1v) is 10.2. The average Bonchev–Trinajstić information content (AvgIpc) is 3.27. The maximum Gasteiger partial charge on any atom is 0.252 e. The maximum atomic E-state index is 13.2. The Morgan fingerprint density at radius 1 is 1.06 bits per heavy atom. The van der Waals surface area contributed by atoms with E-state index in [0.717, 1.165) is 17.0 Å². The number of aryl methyl sites for hydroxylation is 1. The molecule has 4 rings (SSSR count). The summed E-state index contributed by atoms with van der Waals surface area (Å²) in [5.74, 6) is 1.81. The molecule has 0 fully saturated rings. The van der Waals surface area contributed by atoms with Gasteiger partial charge < -0.3 is 19.4 Å². The molecule has 2 heterocycles. The van der Waals surface area contributed by atoms with Crippen LogP contribution in [0.15, 0.2) is 85.5 Å². The summed E-state index contributed by atoms with van der Waals surface area (Å²) < 4.78 is 13.1. The third kappa shape index (κ3) is 4.95. The van der Waals surface area contributed by atoms with Gasteiger partial charge in [-0.25, -0.2) is 4.98 Å². The van der Waals surface area contributed by atoms with E-state index in [1.54, 1.807) is 43.9 Å². The first-order valence-electron chi connectivity index (χ1n) is 10.2. The normalized spacial score (nSPS) is 11.6. The Balaban J connectivity index is 1.55. The van der Waals surface area contributed by atoms with Gasteiger partial charge in [-0.3, -0.25) is 9.78 Å². The van der Waals surface area contributed by atoms with Gasteiger partial charge >= 0.3 is 0 Å². The highest BCUT2D eigenvalue weighted by atomic mass is 16.5. The Kier molecular flexibility index (Phi) is 6.46. The van der Waals surface area contributed by atoms with Gasteiger partial charge in [-0.2, -0.15) is 0 Å². The Labute approximate surface area is 186 Å². The fraction of sp³-hybridized carbons (Fsp3) is 0.160. The van der Waals surface area contributed by atoms with Crippen molar-refractivity contribution >= 4 is 5.91 Å². The summed E-state index contributed by atoms with van der Waals surface area (Å²) in [7, 11) is 3.51. The smallest absolute Gasteiger partial charge is 0.252 e. The fourth-order valence-electron chi connectivity index (χ4n) is 3.37. The van der Waals surface area contributed by atoms with Gasteiger partial charge in [-0.15, -0.1) is 0 Å². The number of rotatable bonds is 8. The summed E-state index contributed by atoms with van der Waals surface area (Å²) in [4.78, 5) is 21.7. The van der Waals surface area contributed by atoms with Crippen molar-refractivity contribution in [3.05, 3.63) is 108 Å². The Hall–Kier alpha value is -4.13. The molecule has 0 aliphatic rings. The summed E-state index contributed by atoms with van der Waals surface area (Å²) in [6.45, 7) is 0.374. The van der Waals surface area contributed by atoms with Crippen LogP contribution in [-0.4, -0.2) is 27.6 Å². The zero-order valence-corrected chi connectivity index (χ0v) is 17.9. The highest BCUT2D eigenvalue weighted by Crippen LogP contribution is 2.25. The molecule has 1 atom stereocenters. The number of methoxy groups -OCH3 is 1. The molecule has 0 spiro atoms. The highest BCUT2D eigenvalue weighted by Gasteiger charge is 2.22. The van der Waals surface area contributed by atoms with Crippen molar-refractivity contribution < 1.29 is 14.3 Å². The molecule has 0 aliphatic carbocycles. The first kappa shape index (κ1) is 21.1. The first-order chi connectivity index (χ1) is 15.6. The molecule has 4 aromatic rings. The van der Waals surface area contributed by atoms with Crippen LogP contribution in [0.25, 0.3) is 0 Å².